The molecule has 3 aromatic carbocycles. The molecule has 0 atom stereocenters. The van der Waals surface area contributed by atoms with Crippen molar-refractivity contribution < 1.29 is 37.7 Å². The van der Waals surface area contributed by atoms with Gasteiger partial charge < -0.3 is 18.9 Å². The summed E-state index contributed by atoms with van der Waals surface area (Å²) in [5.41, 5.74) is 2.87. The fraction of sp³-hybridized carbons (Fsp3) is 0.194. The van der Waals surface area contributed by atoms with Crippen LogP contribution in [-0.4, -0.2) is 37.7 Å². The average Bonchev–Trinajstić information content (AvgIpc) is 2.93. The summed E-state index contributed by atoms with van der Waals surface area (Å²) in [6.07, 6.45) is 0.205. The first kappa shape index (κ1) is 28.8. The summed E-state index contributed by atoms with van der Waals surface area (Å²) in [5, 5.41) is 0. The monoisotopic (exact) mass is 532 g/mol. The van der Waals surface area contributed by atoms with Gasteiger partial charge in [-0.05, 0) is 78.6 Å². The SMILES string of the molecule is C=C(C)C(=O)COc1ccc(-c2ccc(CCOC(=O)c3ccc(OCOC(=O)C(=C)C)cc3)c(F)c2)cc1. The van der Waals surface area contributed by atoms with Crippen LogP contribution in [0.5, 0.6) is 11.5 Å². The third-order valence-electron chi connectivity index (χ3n) is 5.55. The molecule has 8 heteroatoms. The molecule has 0 aliphatic heterocycles. The summed E-state index contributed by atoms with van der Waals surface area (Å²) in [5.74, 6) is -0.771. The van der Waals surface area contributed by atoms with Crippen LogP contribution in [0.4, 0.5) is 4.39 Å². The highest BCUT2D eigenvalue weighted by Crippen LogP contribution is 2.25. The molecule has 0 amide bonds. The van der Waals surface area contributed by atoms with Crippen LogP contribution in [0.3, 0.4) is 0 Å². The van der Waals surface area contributed by atoms with Crippen LogP contribution in [-0.2, 0) is 25.5 Å². The lowest BCUT2D eigenvalue weighted by molar-refractivity contribution is -0.145. The second-order valence-electron chi connectivity index (χ2n) is 8.71. The standard InChI is InChI=1S/C31H29FO7/c1-20(2)29(33)18-37-26-11-7-22(8-12-26)25-6-5-23(28(32)17-25)15-16-36-31(35)24-9-13-27(14-10-24)38-19-39-30(34)21(3)4/h5-14,17H,1,3,15-16,18-19H2,2,4H3. The van der Waals surface area contributed by atoms with E-state index in [1.54, 1.807) is 55.5 Å². The lowest BCUT2D eigenvalue weighted by Gasteiger charge is -2.10. The number of halogens is 1. The van der Waals surface area contributed by atoms with Crippen molar-refractivity contribution in [3.05, 3.63) is 108 Å². The molecule has 0 aliphatic rings. The van der Waals surface area contributed by atoms with Gasteiger partial charge in [-0.25, -0.2) is 14.0 Å². The molecule has 7 nitrogen and oxygen atoms in total. The van der Waals surface area contributed by atoms with Gasteiger partial charge in [0.05, 0.1) is 12.2 Å². The van der Waals surface area contributed by atoms with E-state index in [4.69, 9.17) is 18.9 Å². The Bertz CT molecular complexity index is 1360. The van der Waals surface area contributed by atoms with E-state index in [1.807, 2.05) is 0 Å². The molecule has 39 heavy (non-hydrogen) atoms. The highest BCUT2D eigenvalue weighted by Gasteiger charge is 2.11. The van der Waals surface area contributed by atoms with Crippen LogP contribution in [0.15, 0.2) is 91.0 Å². The van der Waals surface area contributed by atoms with E-state index in [0.29, 0.717) is 33.8 Å². The molecular weight excluding hydrogens is 503 g/mol. The lowest BCUT2D eigenvalue weighted by atomic mass is 10.0. The summed E-state index contributed by atoms with van der Waals surface area (Å²) in [6.45, 7) is 9.86. The van der Waals surface area contributed by atoms with E-state index in [1.165, 1.54) is 25.1 Å². The van der Waals surface area contributed by atoms with Crippen LogP contribution in [0.25, 0.3) is 11.1 Å². The number of ether oxygens (including phenoxy) is 4. The maximum absolute atomic E-state index is 14.7. The number of Topliss-reactive ketones (excluding diaryl/α,β-unsaturated/α-hetero) is 1. The van der Waals surface area contributed by atoms with Gasteiger partial charge in [-0.3, -0.25) is 4.79 Å². The number of ketones is 1. The van der Waals surface area contributed by atoms with Crippen molar-refractivity contribution in [3.63, 3.8) is 0 Å². The van der Waals surface area contributed by atoms with E-state index in [0.717, 1.165) is 5.56 Å². The van der Waals surface area contributed by atoms with Crippen molar-refractivity contribution in [2.24, 2.45) is 0 Å². The zero-order valence-electron chi connectivity index (χ0n) is 21.8. The van der Waals surface area contributed by atoms with Crippen molar-refractivity contribution >= 4 is 17.7 Å². The van der Waals surface area contributed by atoms with Crippen LogP contribution in [0, 0.1) is 5.82 Å². The molecule has 0 fully saturated rings. The Morgan fingerprint density at radius 3 is 2.00 bits per heavy atom. The van der Waals surface area contributed by atoms with Crippen molar-refractivity contribution in [2.75, 3.05) is 20.0 Å². The van der Waals surface area contributed by atoms with Crippen LogP contribution in [0.1, 0.15) is 29.8 Å². The molecule has 0 radical (unpaired) electrons. The van der Waals surface area contributed by atoms with Crippen molar-refractivity contribution in [3.8, 4) is 22.6 Å². The molecule has 202 valence electrons. The normalized spacial score (nSPS) is 10.3. The number of hydrogen-bond donors (Lipinski definition) is 0. The molecule has 0 bridgehead atoms. The van der Waals surface area contributed by atoms with E-state index < -0.39 is 17.8 Å². The summed E-state index contributed by atoms with van der Waals surface area (Å²) in [6, 6.07) is 18.0. The Kier molecular flexibility index (Phi) is 10.1. The number of esters is 2. The number of benzene rings is 3. The highest BCUT2D eigenvalue weighted by molar-refractivity contribution is 5.95. The second-order valence-corrected chi connectivity index (χ2v) is 8.71. The zero-order valence-corrected chi connectivity index (χ0v) is 21.8. The van der Waals surface area contributed by atoms with Gasteiger partial charge in [0.25, 0.3) is 0 Å². The highest BCUT2D eigenvalue weighted by atomic mass is 19.1. The molecule has 0 heterocycles. The minimum Gasteiger partial charge on any atom is -0.485 e. The minimum atomic E-state index is -0.560. The van der Waals surface area contributed by atoms with E-state index >= 15 is 0 Å². The minimum absolute atomic E-state index is 0.000847. The molecule has 0 unspecified atom stereocenters. The summed E-state index contributed by atoms with van der Waals surface area (Å²) >= 11 is 0. The van der Waals surface area contributed by atoms with Crippen molar-refractivity contribution in [1.82, 2.24) is 0 Å². The maximum atomic E-state index is 14.7. The topological polar surface area (TPSA) is 88.1 Å². The molecule has 0 spiro atoms. The Morgan fingerprint density at radius 1 is 0.769 bits per heavy atom. The van der Waals surface area contributed by atoms with Gasteiger partial charge in [0.15, 0.2) is 12.4 Å². The Labute approximate surface area is 226 Å². The van der Waals surface area contributed by atoms with Gasteiger partial charge >= 0.3 is 11.9 Å². The van der Waals surface area contributed by atoms with E-state index in [2.05, 4.69) is 13.2 Å². The van der Waals surface area contributed by atoms with Crippen molar-refractivity contribution in [2.45, 2.75) is 20.3 Å². The third kappa shape index (κ3) is 8.67. The maximum Gasteiger partial charge on any atom is 0.338 e. The summed E-state index contributed by atoms with van der Waals surface area (Å²) in [7, 11) is 0. The Balaban J connectivity index is 1.47. The molecule has 3 rings (SSSR count). The Hall–Kier alpha value is -4.72. The molecule has 0 aliphatic carbocycles. The first-order chi connectivity index (χ1) is 18.6. The number of hydrogen-bond acceptors (Lipinski definition) is 7. The summed E-state index contributed by atoms with van der Waals surface area (Å²) in [4.78, 5) is 35.3. The van der Waals surface area contributed by atoms with Gasteiger partial charge in [0.2, 0.25) is 6.79 Å². The summed E-state index contributed by atoms with van der Waals surface area (Å²) < 4.78 is 35.6. The second kappa shape index (κ2) is 13.7. The number of carbonyl (C=O) groups excluding carboxylic acids is 3. The quantitative estimate of drug-likeness (QED) is 0.155. The van der Waals surface area contributed by atoms with Gasteiger partial charge in [-0.15, -0.1) is 0 Å². The first-order valence-electron chi connectivity index (χ1n) is 12.1. The fourth-order valence-corrected chi connectivity index (χ4v) is 3.24. The first-order valence-corrected chi connectivity index (χ1v) is 12.1. The van der Waals surface area contributed by atoms with Crippen LogP contribution in [0.2, 0.25) is 0 Å². The smallest absolute Gasteiger partial charge is 0.338 e. The van der Waals surface area contributed by atoms with Gasteiger partial charge in [-0.1, -0.05) is 37.4 Å². The van der Waals surface area contributed by atoms with E-state index in [-0.39, 0.29) is 37.8 Å². The van der Waals surface area contributed by atoms with Gasteiger partial charge in [0, 0.05) is 12.0 Å². The van der Waals surface area contributed by atoms with E-state index in [9.17, 15) is 18.8 Å². The average molecular weight is 533 g/mol. The largest absolute Gasteiger partial charge is 0.485 e. The predicted octanol–water partition coefficient (Wildman–Crippen LogP) is 5.87. The molecule has 0 saturated heterocycles. The third-order valence-corrected chi connectivity index (χ3v) is 5.55. The molecular formula is C31H29FO7. The predicted molar refractivity (Wildman–Crippen MR) is 144 cm³/mol. The van der Waals surface area contributed by atoms with Crippen molar-refractivity contribution in [1.29, 1.82) is 0 Å². The van der Waals surface area contributed by atoms with Crippen LogP contribution >= 0.6 is 0 Å². The van der Waals surface area contributed by atoms with Gasteiger partial charge in [0.1, 0.15) is 17.3 Å². The van der Waals surface area contributed by atoms with Gasteiger partial charge in [-0.2, -0.15) is 0 Å². The fourth-order valence-electron chi connectivity index (χ4n) is 3.24. The zero-order chi connectivity index (χ0) is 28.4. The number of carbonyl (C=O) groups is 3. The molecule has 3 aromatic rings. The molecule has 0 aromatic heterocycles. The molecule has 0 N–H and O–H groups in total. The number of rotatable bonds is 13. The van der Waals surface area contributed by atoms with Crippen LogP contribution < -0.4 is 9.47 Å². The Morgan fingerprint density at radius 2 is 1.38 bits per heavy atom. The molecule has 0 saturated carbocycles. The lowest BCUT2D eigenvalue weighted by Crippen LogP contribution is -2.11.